The predicted octanol–water partition coefficient (Wildman–Crippen LogP) is 3.46. The average Bonchev–Trinajstić information content (AvgIpc) is 3.06. The van der Waals surface area contributed by atoms with Gasteiger partial charge >= 0.3 is 0 Å². The Hall–Kier alpha value is -2.07. The van der Waals surface area contributed by atoms with Crippen LogP contribution in [0.5, 0.6) is 0 Å². The molecule has 1 aromatic carbocycles. The molecule has 0 aliphatic heterocycles. The van der Waals surface area contributed by atoms with Gasteiger partial charge in [-0.15, -0.1) is 0 Å². The van der Waals surface area contributed by atoms with Crippen molar-refractivity contribution in [1.82, 2.24) is 5.32 Å². The number of carbonyl (C=O) groups is 1. The maximum absolute atomic E-state index is 12.6. The van der Waals surface area contributed by atoms with E-state index in [9.17, 15) is 4.79 Å². The van der Waals surface area contributed by atoms with Gasteiger partial charge in [-0.2, -0.15) is 0 Å². The van der Waals surface area contributed by atoms with Crippen molar-refractivity contribution in [1.29, 1.82) is 0 Å². The lowest BCUT2D eigenvalue weighted by Gasteiger charge is -2.16. The largest absolute Gasteiger partial charge is 0.469 e. The van der Waals surface area contributed by atoms with Gasteiger partial charge in [0.2, 0.25) is 5.91 Å². The number of carbonyl (C=O) groups excluding carboxylic acids is 1. The Morgan fingerprint density at radius 1 is 1.22 bits per heavy atom. The highest BCUT2D eigenvalue weighted by atomic mass is 16.5. The molecule has 0 bridgehead atoms. The van der Waals surface area contributed by atoms with Crippen molar-refractivity contribution < 1.29 is 13.9 Å². The predicted molar refractivity (Wildman–Crippen MR) is 90.5 cm³/mol. The highest BCUT2D eigenvalue weighted by molar-refractivity contribution is 5.83. The van der Waals surface area contributed by atoms with E-state index in [2.05, 4.69) is 5.32 Å². The van der Waals surface area contributed by atoms with Gasteiger partial charge in [0.15, 0.2) is 0 Å². The minimum Gasteiger partial charge on any atom is -0.469 e. The summed E-state index contributed by atoms with van der Waals surface area (Å²) in [4.78, 5) is 12.6. The molecular weight excluding hydrogens is 290 g/mol. The van der Waals surface area contributed by atoms with Gasteiger partial charge in [0.25, 0.3) is 0 Å². The zero-order valence-electron chi connectivity index (χ0n) is 13.9. The third-order valence-corrected chi connectivity index (χ3v) is 3.86. The summed E-state index contributed by atoms with van der Waals surface area (Å²) < 4.78 is 10.4. The number of aryl methyl sites for hydroxylation is 1. The van der Waals surface area contributed by atoms with Gasteiger partial charge in [-0.1, -0.05) is 29.8 Å². The van der Waals surface area contributed by atoms with E-state index in [0.717, 1.165) is 30.8 Å². The molecule has 2 aromatic rings. The molecule has 2 rings (SSSR count). The van der Waals surface area contributed by atoms with Gasteiger partial charge in [0.05, 0.1) is 12.2 Å². The maximum atomic E-state index is 12.6. The normalized spacial score (nSPS) is 12.1. The molecule has 0 aliphatic carbocycles. The summed E-state index contributed by atoms with van der Waals surface area (Å²) in [5.41, 5.74) is 2.20. The summed E-state index contributed by atoms with van der Waals surface area (Å²) in [6.07, 6.45) is 4.08. The Bertz CT molecular complexity index is 575. The Labute approximate surface area is 137 Å². The van der Waals surface area contributed by atoms with E-state index in [1.165, 1.54) is 5.56 Å². The zero-order valence-corrected chi connectivity index (χ0v) is 13.9. The first kappa shape index (κ1) is 17.3. The maximum Gasteiger partial charge on any atom is 0.228 e. The lowest BCUT2D eigenvalue weighted by Crippen LogP contribution is -2.31. The Balaban J connectivity index is 2.00. The summed E-state index contributed by atoms with van der Waals surface area (Å²) in [5.74, 6) is 0.636. The highest BCUT2D eigenvalue weighted by Crippen LogP contribution is 2.22. The standard InChI is InChI=1S/C19H25NO3/c1-15-7-9-16(10-8-15)18(14-17-6-5-13-23-17)19(21)20-11-3-4-12-22-2/h5-10,13,18H,3-4,11-12,14H2,1-2H3,(H,20,21). The van der Waals surface area contributed by atoms with Crippen molar-refractivity contribution in [3.8, 4) is 0 Å². The first-order chi connectivity index (χ1) is 11.2. The quantitative estimate of drug-likeness (QED) is 0.721. The number of hydrogen-bond donors (Lipinski definition) is 1. The van der Waals surface area contributed by atoms with Gasteiger partial charge in [0.1, 0.15) is 5.76 Å². The number of hydrogen-bond acceptors (Lipinski definition) is 3. The second-order valence-electron chi connectivity index (χ2n) is 5.74. The van der Waals surface area contributed by atoms with Crippen molar-refractivity contribution in [2.75, 3.05) is 20.3 Å². The van der Waals surface area contributed by atoms with Gasteiger partial charge in [-0.05, 0) is 37.5 Å². The second kappa shape index (κ2) is 9.16. The van der Waals surface area contributed by atoms with Crippen LogP contribution >= 0.6 is 0 Å². The molecule has 0 saturated carbocycles. The van der Waals surface area contributed by atoms with Gasteiger partial charge in [0, 0.05) is 26.7 Å². The van der Waals surface area contributed by atoms with Crippen LogP contribution in [-0.2, 0) is 16.0 Å². The van der Waals surface area contributed by atoms with Crippen molar-refractivity contribution in [2.45, 2.75) is 32.1 Å². The van der Waals surface area contributed by atoms with Crippen molar-refractivity contribution in [2.24, 2.45) is 0 Å². The van der Waals surface area contributed by atoms with Crippen LogP contribution in [0, 0.1) is 6.92 Å². The Morgan fingerprint density at radius 3 is 2.65 bits per heavy atom. The molecule has 124 valence electrons. The summed E-state index contributed by atoms with van der Waals surface area (Å²) in [7, 11) is 1.69. The minimum absolute atomic E-state index is 0.0441. The van der Waals surface area contributed by atoms with Crippen LogP contribution in [0.15, 0.2) is 47.1 Å². The molecule has 1 amide bonds. The molecule has 1 N–H and O–H groups in total. The van der Waals surface area contributed by atoms with Crippen LogP contribution in [0.1, 0.15) is 35.6 Å². The molecule has 1 aromatic heterocycles. The summed E-state index contributed by atoms with van der Waals surface area (Å²) >= 11 is 0. The lowest BCUT2D eigenvalue weighted by molar-refractivity contribution is -0.122. The van der Waals surface area contributed by atoms with Crippen LogP contribution in [0.4, 0.5) is 0 Å². The molecule has 1 atom stereocenters. The van der Waals surface area contributed by atoms with Crippen molar-refractivity contribution in [3.05, 3.63) is 59.5 Å². The van der Waals surface area contributed by atoms with E-state index in [1.54, 1.807) is 13.4 Å². The molecule has 0 fully saturated rings. The average molecular weight is 315 g/mol. The van der Waals surface area contributed by atoms with Crippen LogP contribution < -0.4 is 5.32 Å². The second-order valence-corrected chi connectivity index (χ2v) is 5.74. The van der Waals surface area contributed by atoms with Crippen molar-refractivity contribution in [3.63, 3.8) is 0 Å². The van der Waals surface area contributed by atoms with E-state index in [0.29, 0.717) is 13.0 Å². The molecule has 0 radical (unpaired) electrons. The monoisotopic (exact) mass is 315 g/mol. The smallest absolute Gasteiger partial charge is 0.228 e. The minimum atomic E-state index is -0.232. The summed E-state index contributed by atoms with van der Waals surface area (Å²) in [6, 6.07) is 11.9. The first-order valence-corrected chi connectivity index (χ1v) is 8.06. The number of nitrogens with one attached hydrogen (secondary N) is 1. The highest BCUT2D eigenvalue weighted by Gasteiger charge is 2.21. The molecule has 1 heterocycles. The van der Waals surface area contributed by atoms with Crippen LogP contribution in [0.3, 0.4) is 0 Å². The number of methoxy groups -OCH3 is 1. The zero-order chi connectivity index (χ0) is 16.5. The number of furan rings is 1. The molecule has 0 aliphatic rings. The van der Waals surface area contributed by atoms with E-state index < -0.39 is 0 Å². The fourth-order valence-corrected chi connectivity index (χ4v) is 2.50. The number of rotatable bonds is 9. The molecule has 0 spiro atoms. The van der Waals surface area contributed by atoms with E-state index in [1.807, 2.05) is 43.3 Å². The molecule has 1 unspecified atom stereocenters. The first-order valence-electron chi connectivity index (χ1n) is 8.06. The molecular formula is C19H25NO3. The Kier molecular flexibility index (Phi) is 6.88. The van der Waals surface area contributed by atoms with Gasteiger partial charge < -0.3 is 14.5 Å². The van der Waals surface area contributed by atoms with Crippen molar-refractivity contribution >= 4 is 5.91 Å². The SMILES string of the molecule is COCCCCNC(=O)C(Cc1ccco1)c1ccc(C)cc1. The number of ether oxygens (including phenoxy) is 1. The number of amides is 1. The third kappa shape index (κ3) is 5.57. The fourth-order valence-electron chi connectivity index (χ4n) is 2.50. The topological polar surface area (TPSA) is 51.5 Å². The van der Waals surface area contributed by atoms with Gasteiger partial charge in [-0.3, -0.25) is 4.79 Å². The van der Waals surface area contributed by atoms with E-state index in [4.69, 9.17) is 9.15 Å². The van der Waals surface area contributed by atoms with Crippen LogP contribution in [0.25, 0.3) is 0 Å². The molecule has 4 heteroatoms. The summed E-state index contributed by atoms with van der Waals surface area (Å²) in [6.45, 7) is 3.44. The van der Waals surface area contributed by atoms with Gasteiger partial charge in [-0.25, -0.2) is 0 Å². The van der Waals surface area contributed by atoms with E-state index in [-0.39, 0.29) is 11.8 Å². The molecule has 4 nitrogen and oxygen atoms in total. The summed E-state index contributed by atoms with van der Waals surface area (Å²) in [5, 5.41) is 3.03. The molecule has 0 saturated heterocycles. The lowest BCUT2D eigenvalue weighted by atomic mass is 9.93. The van der Waals surface area contributed by atoms with E-state index >= 15 is 0 Å². The van der Waals surface area contributed by atoms with Crippen LogP contribution in [0.2, 0.25) is 0 Å². The molecule has 23 heavy (non-hydrogen) atoms. The third-order valence-electron chi connectivity index (χ3n) is 3.86. The van der Waals surface area contributed by atoms with Crippen LogP contribution in [-0.4, -0.2) is 26.2 Å². The fraction of sp³-hybridized carbons (Fsp3) is 0.421. The Morgan fingerprint density at radius 2 is 2.00 bits per heavy atom. The number of benzene rings is 1. The number of unbranched alkanes of at least 4 members (excludes halogenated alkanes) is 1.